The molecule has 2 aromatic carbocycles. The zero-order valence-electron chi connectivity index (χ0n) is 19.4. The molecular formula is C27H32N2O4. The maximum atomic E-state index is 11.1. The smallest absolute Gasteiger partial charge is 0.353 e. The fraction of sp³-hybridized carbons (Fsp3) is 0.370. The van der Waals surface area contributed by atoms with E-state index in [0.29, 0.717) is 6.61 Å². The first-order chi connectivity index (χ1) is 16.1. The fourth-order valence-electron chi connectivity index (χ4n) is 3.52. The predicted molar refractivity (Wildman–Crippen MR) is 130 cm³/mol. The molecular weight excluding hydrogens is 416 g/mol. The Balaban J connectivity index is 1.62. The highest BCUT2D eigenvalue weighted by atomic mass is 16.6. The third-order valence-electron chi connectivity index (χ3n) is 5.49. The van der Waals surface area contributed by atoms with Crippen LogP contribution in [0.3, 0.4) is 0 Å². The Morgan fingerprint density at radius 3 is 2.52 bits per heavy atom. The van der Waals surface area contributed by atoms with Crippen LogP contribution in [0.4, 0.5) is 0 Å². The summed E-state index contributed by atoms with van der Waals surface area (Å²) in [5, 5.41) is 14.0. The van der Waals surface area contributed by atoms with Crippen molar-refractivity contribution in [3.05, 3.63) is 71.9 Å². The number of hydrogen-bond acceptors (Lipinski definition) is 5. The molecule has 0 spiro atoms. The van der Waals surface area contributed by atoms with Crippen molar-refractivity contribution in [3.8, 4) is 5.75 Å². The van der Waals surface area contributed by atoms with Gasteiger partial charge in [-0.2, -0.15) is 0 Å². The summed E-state index contributed by atoms with van der Waals surface area (Å²) in [6.45, 7) is 4.00. The van der Waals surface area contributed by atoms with Gasteiger partial charge in [-0.15, -0.1) is 0 Å². The molecule has 174 valence electrons. The number of carboxylic acid groups (broad SMARTS) is 1. The summed E-state index contributed by atoms with van der Waals surface area (Å²) < 4.78 is 5.92. The number of rotatable bonds is 13. The van der Waals surface area contributed by atoms with Gasteiger partial charge < -0.3 is 14.7 Å². The largest absolute Gasteiger partial charge is 0.487 e. The lowest BCUT2D eigenvalue weighted by molar-refractivity contribution is -0.129. The van der Waals surface area contributed by atoms with Crippen LogP contribution >= 0.6 is 0 Å². The van der Waals surface area contributed by atoms with Gasteiger partial charge in [0.05, 0.1) is 11.2 Å². The number of aliphatic carboxylic acids is 1. The Hall–Kier alpha value is -3.41. The van der Waals surface area contributed by atoms with Crippen LogP contribution in [0.1, 0.15) is 69.7 Å². The molecule has 1 heterocycles. The number of carboxylic acids is 1. The van der Waals surface area contributed by atoms with Gasteiger partial charge in [-0.3, -0.25) is 0 Å². The summed E-state index contributed by atoms with van der Waals surface area (Å²) in [4.78, 5) is 21.3. The van der Waals surface area contributed by atoms with E-state index in [9.17, 15) is 4.79 Å². The number of unbranched alkanes of at least 4 members (excludes halogenated alkanes) is 4. The topological polar surface area (TPSA) is 81.0 Å². The highest BCUT2D eigenvalue weighted by Crippen LogP contribution is 2.27. The van der Waals surface area contributed by atoms with E-state index in [2.05, 4.69) is 17.1 Å². The van der Waals surface area contributed by atoms with Crippen LogP contribution in [0, 0.1) is 0 Å². The van der Waals surface area contributed by atoms with Gasteiger partial charge in [0, 0.05) is 5.39 Å². The van der Waals surface area contributed by atoms with E-state index in [1.165, 1.54) is 26.2 Å². The second-order valence-corrected chi connectivity index (χ2v) is 8.13. The summed E-state index contributed by atoms with van der Waals surface area (Å²) in [6, 6.07) is 19.7. The summed E-state index contributed by atoms with van der Waals surface area (Å²) in [5.74, 6) is -0.344. The molecule has 0 bridgehead atoms. The average molecular weight is 449 g/mol. The molecule has 1 aromatic heterocycles. The van der Waals surface area contributed by atoms with Gasteiger partial charge >= 0.3 is 5.97 Å². The molecule has 0 aliphatic heterocycles. The second-order valence-electron chi connectivity index (χ2n) is 8.13. The highest BCUT2D eigenvalue weighted by molar-refractivity contribution is 6.34. The van der Waals surface area contributed by atoms with E-state index in [0.717, 1.165) is 47.2 Å². The molecule has 0 amide bonds. The number of ether oxygens (including phenoxy) is 1. The van der Waals surface area contributed by atoms with Crippen LogP contribution < -0.4 is 4.74 Å². The molecule has 6 nitrogen and oxygen atoms in total. The van der Waals surface area contributed by atoms with Crippen molar-refractivity contribution >= 4 is 22.6 Å². The van der Waals surface area contributed by atoms with Gasteiger partial charge in [0.15, 0.2) is 11.8 Å². The maximum absolute atomic E-state index is 11.1. The minimum absolute atomic E-state index is 0.0613. The predicted octanol–water partition coefficient (Wildman–Crippen LogP) is 6.69. The molecule has 0 saturated heterocycles. The van der Waals surface area contributed by atoms with Crippen molar-refractivity contribution < 1.29 is 19.5 Å². The number of carbonyl (C=O) groups is 1. The Morgan fingerprint density at radius 2 is 1.76 bits per heavy atom. The highest BCUT2D eigenvalue weighted by Gasteiger charge is 2.14. The zero-order valence-corrected chi connectivity index (χ0v) is 19.4. The van der Waals surface area contributed by atoms with Crippen molar-refractivity contribution in [3.63, 3.8) is 0 Å². The fourth-order valence-corrected chi connectivity index (χ4v) is 3.52. The van der Waals surface area contributed by atoms with Crippen LogP contribution in [0.2, 0.25) is 0 Å². The minimum atomic E-state index is -1.08. The summed E-state index contributed by atoms with van der Waals surface area (Å²) in [5.41, 5.74) is 2.70. The van der Waals surface area contributed by atoms with Gasteiger partial charge in [0.2, 0.25) is 0 Å². The molecule has 1 atom stereocenters. The molecule has 0 fully saturated rings. The lowest BCUT2D eigenvalue weighted by Crippen LogP contribution is -2.10. The van der Waals surface area contributed by atoms with Gasteiger partial charge in [0.1, 0.15) is 12.4 Å². The van der Waals surface area contributed by atoms with Crippen LogP contribution in [0.5, 0.6) is 5.75 Å². The second kappa shape index (κ2) is 12.6. The van der Waals surface area contributed by atoms with Crippen molar-refractivity contribution in [2.24, 2.45) is 5.16 Å². The van der Waals surface area contributed by atoms with Gasteiger partial charge in [-0.1, -0.05) is 74.2 Å². The van der Waals surface area contributed by atoms with Gasteiger partial charge in [-0.05, 0) is 49.6 Å². The molecule has 3 aromatic rings. The van der Waals surface area contributed by atoms with Crippen LogP contribution in [-0.2, 0) is 16.2 Å². The van der Waals surface area contributed by atoms with Crippen molar-refractivity contribution in [1.82, 2.24) is 4.98 Å². The Morgan fingerprint density at radius 1 is 1.00 bits per heavy atom. The van der Waals surface area contributed by atoms with Crippen LogP contribution in [0.15, 0.2) is 65.8 Å². The third kappa shape index (κ3) is 7.59. The molecule has 0 radical (unpaired) electrons. The van der Waals surface area contributed by atoms with Gasteiger partial charge in [0.25, 0.3) is 0 Å². The van der Waals surface area contributed by atoms with E-state index in [-0.39, 0.29) is 11.8 Å². The average Bonchev–Trinajstić information content (AvgIpc) is 2.84. The normalized spacial score (nSPS) is 12.5. The first kappa shape index (κ1) is 24.2. The number of oxime groups is 1. The molecule has 0 aliphatic rings. The van der Waals surface area contributed by atoms with Crippen LogP contribution in [0.25, 0.3) is 10.9 Å². The Labute approximate surface area is 195 Å². The van der Waals surface area contributed by atoms with Crippen LogP contribution in [-0.4, -0.2) is 21.8 Å². The number of benzene rings is 2. The van der Waals surface area contributed by atoms with Crippen molar-refractivity contribution in [1.29, 1.82) is 0 Å². The number of fused-ring (bicyclic) bond motifs is 1. The molecule has 0 aliphatic carbocycles. The minimum Gasteiger partial charge on any atom is -0.487 e. The van der Waals surface area contributed by atoms with E-state index in [1.54, 1.807) is 0 Å². The Bertz CT molecular complexity index is 1060. The summed E-state index contributed by atoms with van der Waals surface area (Å²) >= 11 is 0. The quantitative estimate of drug-likeness (QED) is 0.179. The SMILES string of the molecule is CCCCCCCC(O/N=C(\C)C(=O)O)c1ccc(OCc2ccc3ccccc3n2)cc1. The maximum Gasteiger partial charge on any atom is 0.353 e. The lowest BCUT2D eigenvalue weighted by atomic mass is 10.0. The van der Waals surface area contributed by atoms with E-state index < -0.39 is 5.97 Å². The standard InChI is InChI=1S/C27H32N2O4/c1-3-4-5-6-7-12-26(33-29-20(2)27(30)31)22-14-17-24(18-15-22)32-19-23-16-13-21-10-8-9-11-25(21)28-23/h8-11,13-18,26H,3-7,12,19H2,1-2H3,(H,30,31)/b29-20+. The Kier molecular flexibility index (Phi) is 9.24. The lowest BCUT2D eigenvalue weighted by Gasteiger charge is -2.16. The first-order valence-corrected chi connectivity index (χ1v) is 11.6. The van der Waals surface area contributed by atoms with E-state index in [1.807, 2.05) is 60.7 Å². The number of pyridine rings is 1. The number of nitrogens with zero attached hydrogens (tertiary/aromatic N) is 2. The van der Waals surface area contributed by atoms with E-state index in [4.69, 9.17) is 14.7 Å². The molecule has 6 heteroatoms. The molecule has 1 N–H and O–H groups in total. The van der Waals surface area contributed by atoms with Gasteiger partial charge in [-0.25, -0.2) is 9.78 Å². The zero-order chi connectivity index (χ0) is 23.5. The first-order valence-electron chi connectivity index (χ1n) is 11.6. The number of para-hydroxylation sites is 1. The summed E-state index contributed by atoms with van der Waals surface area (Å²) in [6.07, 6.45) is 6.21. The monoisotopic (exact) mass is 448 g/mol. The molecule has 33 heavy (non-hydrogen) atoms. The molecule has 0 saturated carbocycles. The number of aromatic nitrogens is 1. The van der Waals surface area contributed by atoms with Crippen molar-refractivity contribution in [2.75, 3.05) is 0 Å². The molecule has 1 unspecified atom stereocenters. The van der Waals surface area contributed by atoms with E-state index >= 15 is 0 Å². The molecule has 3 rings (SSSR count). The van der Waals surface area contributed by atoms with Crippen molar-refractivity contribution in [2.45, 2.75) is 65.1 Å². The number of hydrogen-bond donors (Lipinski definition) is 1. The summed E-state index contributed by atoms with van der Waals surface area (Å²) in [7, 11) is 0. The third-order valence-corrected chi connectivity index (χ3v) is 5.49.